The Hall–Kier alpha value is -2.51. The molecule has 0 unspecified atom stereocenters. The molecule has 4 atom stereocenters. The molecule has 1 aromatic carbocycles. The Morgan fingerprint density at radius 3 is 2.44 bits per heavy atom. The quantitative estimate of drug-likeness (QED) is 0.664. The molecule has 0 spiro atoms. The molecule has 7 heteroatoms. The van der Waals surface area contributed by atoms with Gasteiger partial charge in [0.05, 0.1) is 17.7 Å². The smallest absolute Gasteiger partial charge is 0.231 e. The molecule has 2 aromatic rings. The van der Waals surface area contributed by atoms with Gasteiger partial charge < -0.3 is 20.2 Å². The highest BCUT2D eigenvalue weighted by atomic mass is 16.3. The molecule has 1 aromatic heterocycles. The SMILES string of the molecule is C[C@@H]1C[C@H](O)c2ncnc(N3CCN(C(=O)[C@@H](c4ccc(C5CC5)cc4)[C@@H]4CCC(C)(C)N4)CC3)c21. The van der Waals surface area contributed by atoms with E-state index in [2.05, 4.69) is 70.1 Å². The van der Waals surface area contributed by atoms with E-state index in [1.54, 1.807) is 6.33 Å². The van der Waals surface area contributed by atoms with Crippen LogP contribution in [0.1, 0.15) is 99.1 Å². The first-order chi connectivity index (χ1) is 17.3. The van der Waals surface area contributed by atoms with Crippen LogP contribution in [-0.2, 0) is 4.79 Å². The van der Waals surface area contributed by atoms with Gasteiger partial charge in [0.25, 0.3) is 0 Å². The average molecular weight is 490 g/mol. The third kappa shape index (κ3) is 4.41. The van der Waals surface area contributed by atoms with Crippen LogP contribution in [0.5, 0.6) is 0 Å². The highest BCUT2D eigenvalue weighted by molar-refractivity contribution is 5.85. The first-order valence-electron chi connectivity index (χ1n) is 13.7. The Morgan fingerprint density at radius 1 is 1.08 bits per heavy atom. The minimum absolute atomic E-state index is 0.0600. The number of nitrogens with zero attached hydrogens (tertiary/aromatic N) is 4. The van der Waals surface area contributed by atoms with Gasteiger partial charge in [-0.1, -0.05) is 31.2 Å². The monoisotopic (exact) mass is 489 g/mol. The number of hydrogen-bond donors (Lipinski definition) is 2. The van der Waals surface area contributed by atoms with Crippen LogP contribution >= 0.6 is 0 Å². The molecule has 6 rings (SSSR count). The van der Waals surface area contributed by atoms with Gasteiger partial charge in [-0.15, -0.1) is 0 Å². The number of carbonyl (C=O) groups excluding carboxylic acids is 1. The third-order valence-electron chi connectivity index (χ3n) is 8.84. The molecule has 0 bridgehead atoms. The standard InChI is InChI=1S/C29H39N5O2/c1-18-16-23(35)26-24(18)27(31-17-30-26)33-12-14-34(15-13-33)28(36)25(22-10-11-29(2,3)32-22)21-8-6-20(7-9-21)19-4-5-19/h6-9,17-19,22-23,25,32,35H,4-5,10-16H2,1-3H3/t18-,22+,23+,25+/m1/s1. The number of hydrogen-bond acceptors (Lipinski definition) is 6. The third-order valence-corrected chi connectivity index (χ3v) is 8.84. The van der Waals surface area contributed by atoms with Gasteiger partial charge in [-0.2, -0.15) is 0 Å². The predicted octanol–water partition coefficient (Wildman–Crippen LogP) is 3.86. The minimum Gasteiger partial charge on any atom is -0.387 e. The van der Waals surface area contributed by atoms with Crippen LogP contribution < -0.4 is 10.2 Å². The number of carbonyl (C=O) groups is 1. The summed E-state index contributed by atoms with van der Waals surface area (Å²) in [6.07, 6.45) is 6.44. The Balaban J connectivity index is 1.20. The molecule has 1 amide bonds. The maximum absolute atomic E-state index is 14.1. The Morgan fingerprint density at radius 2 is 1.81 bits per heavy atom. The summed E-state index contributed by atoms with van der Waals surface area (Å²) in [5.74, 6) is 1.97. The van der Waals surface area contributed by atoms with Crippen LogP contribution in [0.3, 0.4) is 0 Å². The van der Waals surface area contributed by atoms with Crippen LogP contribution in [0.25, 0.3) is 0 Å². The molecule has 3 heterocycles. The topological polar surface area (TPSA) is 81.6 Å². The first kappa shape index (κ1) is 23.9. The van der Waals surface area contributed by atoms with Crippen molar-refractivity contribution in [2.45, 2.75) is 88.3 Å². The van der Waals surface area contributed by atoms with Crippen LogP contribution in [-0.4, -0.2) is 63.6 Å². The number of aromatic nitrogens is 2. The molecule has 1 saturated carbocycles. The lowest BCUT2D eigenvalue weighted by molar-refractivity contribution is -0.133. The van der Waals surface area contributed by atoms with E-state index >= 15 is 0 Å². The van der Waals surface area contributed by atoms with Gasteiger partial charge in [-0.05, 0) is 68.9 Å². The van der Waals surface area contributed by atoms with Crippen molar-refractivity contribution in [3.63, 3.8) is 0 Å². The summed E-state index contributed by atoms with van der Waals surface area (Å²) < 4.78 is 0. The highest BCUT2D eigenvalue weighted by Gasteiger charge is 2.41. The number of benzene rings is 1. The van der Waals surface area contributed by atoms with E-state index in [0.717, 1.165) is 54.5 Å². The Labute approximate surface area is 214 Å². The van der Waals surface area contributed by atoms with Gasteiger partial charge >= 0.3 is 0 Å². The number of aliphatic hydroxyl groups excluding tert-OH is 1. The number of anilines is 1. The van der Waals surface area contributed by atoms with Crippen molar-refractivity contribution >= 4 is 11.7 Å². The van der Waals surface area contributed by atoms with Crippen molar-refractivity contribution in [2.24, 2.45) is 0 Å². The van der Waals surface area contributed by atoms with E-state index in [4.69, 9.17) is 0 Å². The number of aliphatic hydroxyl groups is 1. The van der Waals surface area contributed by atoms with E-state index in [0.29, 0.717) is 19.5 Å². The summed E-state index contributed by atoms with van der Waals surface area (Å²) in [5.41, 5.74) is 4.46. The van der Waals surface area contributed by atoms with Gasteiger partial charge in [0.15, 0.2) is 0 Å². The van der Waals surface area contributed by atoms with E-state index in [-0.39, 0.29) is 29.3 Å². The molecule has 3 fully saturated rings. The zero-order chi connectivity index (χ0) is 25.0. The molecule has 2 saturated heterocycles. The second-order valence-corrected chi connectivity index (χ2v) is 12.1. The summed E-state index contributed by atoms with van der Waals surface area (Å²) in [7, 11) is 0. The lowest BCUT2D eigenvalue weighted by atomic mass is 9.88. The molecule has 2 N–H and O–H groups in total. The van der Waals surface area contributed by atoms with Gasteiger partial charge in [-0.25, -0.2) is 9.97 Å². The molecule has 2 aliphatic carbocycles. The summed E-state index contributed by atoms with van der Waals surface area (Å²) in [4.78, 5) is 27.4. The number of piperazine rings is 1. The van der Waals surface area contributed by atoms with Crippen molar-refractivity contribution in [1.82, 2.24) is 20.2 Å². The molecular weight excluding hydrogens is 450 g/mol. The fraction of sp³-hybridized carbons (Fsp3) is 0.621. The maximum Gasteiger partial charge on any atom is 0.231 e. The zero-order valence-corrected chi connectivity index (χ0v) is 21.8. The summed E-state index contributed by atoms with van der Waals surface area (Å²) in [5, 5.41) is 14.2. The van der Waals surface area contributed by atoms with Crippen molar-refractivity contribution in [3.05, 3.63) is 53.0 Å². The fourth-order valence-electron chi connectivity index (χ4n) is 6.64. The highest BCUT2D eigenvalue weighted by Crippen LogP contribution is 2.43. The summed E-state index contributed by atoms with van der Waals surface area (Å²) in [6, 6.07) is 9.06. The fourth-order valence-corrected chi connectivity index (χ4v) is 6.64. The minimum atomic E-state index is -0.505. The average Bonchev–Trinajstić information content (AvgIpc) is 3.61. The Kier molecular flexibility index (Phi) is 6.03. The maximum atomic E-state index is 14.1. The van der Waals surface area contributed by atoms with Crippen molar-refractivity contribution in [1.29, 1.82) is 0 Å². The van der Waals surface area contributed by atoms with Crippen LogP contribution in [0, 0.1) is 0 Å². The van der Waals surface area contributed by atoms with Gasteiger partial charge in [-0.3, -0.25) is 4.79 Å². The van der Waals surface area contributed by atoms with E-state index in [9.17, 15) is 9.90 Å². The second-order valence-electron chi connectivity index (χ2n) is 12.1. The largest absolute Gasteiger partial charge is 0.387 e. The number of rotatable bonds is 5. The van der Waals surface area contributed by atoms with Gasteiger partial charge in [0.1, 0.15) is 12.1 Å². The number of fused-ring (bicyclic) bond motifs is 1. The van der Waals surface area contributed by atoms with Gasteiger partial charge in [0, 0.05) is 43.3 Å². The summed E-state index contributed by atoms with van der Waals surface area (Å²) >= 11 is 0. The van der Waals surface area contributed by atoms with Crippen LogP contribution in [0.2, 0.25) is 0 Å². The summed E-state index contributed by atoms with van der Waals surface area (Å²) in [6.45, 7) is 9.46. The Bertz CT molecular complexity index is 1120. The molecule has 36 heavy (non-hydrogen) atoms. The molecule has 4 aliphatic rings. The lowest BCUT2D eigenvalue weighted by Gasteiger charge is -2.39. The van der Waals surface area contributed by atoms with E-state index in [1.165, 1.54) is 18.4 Å². The van der Waals surface area contributed by atoms with Crippen molar-refractivity contribution in [2.75, 3.05) is 31.1 Å². The van der Waals surface area contributed by atoms with Crippen molar-refractivity contribution < 1.29 is 9.90 Å². The molecule has 192 valence electrons. The lowest BCUT2D eigenvalue weighted by Crippen LogP contribution is -2.53. The van der Waals surface area contributed by atoms with Crippen molar-refractivity contribution in [3.8, 4) is 0 Å². The van der Waals surface area contributed by atoms with E-state index in [1.807, 2.05) is 0 Å². The first-order valence-corrected chi connectivity index (χ1v) is 13.7. The predicted molar refractivity (Wildman–Crippen MR) is 140 cm³/mol. The molecular formula is C29H39N5O2. The number of amides is 1. The van der Waals surface area contributed by atoms with Crippen LogP contribution in [0.15, 0.2) is 30.6 Å². The van der Waals surface area contributed by atoms with E-state index < -0.39 is 6.10 Å². The second kappa shape index (κ2) is 9.10. The van der Waals surface area contributed by atoms with Gasteiger partial charge in [0.2, 0.25) is 5.91 Å². The number of nitrogens with one attached hydrogen (secondary N) is 1. The van der Waals surface area contributed by atoms with Crippen LogP contribution in [0.4, 0.5) is 5.82 Å². The molecule has 0 radical (unpaired) electrons. The molecule has 7 nitrogen and oxygen atoms in total. The normalized spacial score (nSPS) is 28.3. The zero-order valence-electron chi connectivity index (χ0n) is 21.8. The molecule has 2 aliphatic heterocycles.